The first kappa shape index (κ1) is 24.3. The van der Waals surface area contributed by atoms with Gasteiger partial charge in [-0.3, -0.25) is 4.57 Å². The number of nitrogens with zero attached hydrogens (tertiary/aromatic N) is 2. The van der Waals surface area contributed by atoms with Gasteiger partial charge in [-0.05, 0) is 62.8 Å². The molecule has 1 aliphatic rings. The smallest absolute Gasteiger partial charge is 0.168 e. The maximum absolute atomic E-state index is 6.11. The number of ether oxygens (including phenoxy) is 3. The van der Waals surface area contributed by atoms with E-state index in [-0.39, 0.29) is 0 Å². The molecule has 0 amide bonds. The normalized spacial score (nSPS) is 16.2. The Bertz CT molecular complexity index is 836. The van der Waals surface area contributed by atoms with E-state index in [1.807, 2.05) is 0 Å². The molecule has 1 aromatic heterocycles. The van der Waals surface area contributed by atoms with E-state index in [4.69, 9.17) is 19.2 Å². The van der Waals surface area contributed by atoms with Crippen LogP contribution in [0.1, 0.15) is 74.5 Å². The van der Waals surface area contributed by atoms with Crippen molar-refractivity contribution >= 4 is 11.8 Å². The second-order valence-electron chi connectivity index (χ2n) is 8.92. The van der Waals surface area contributed by atoms with Crippen LogP contribution in [0.3, 0.4) is 0 Å². The molecule has 1 heterocycles. The lowest BCUT2D eigenvalue weighted by molar-refractivity contribution is -0.243. The first-order chi connectivity index (χ1) is 14.8. The van der Waals surface area contributed by atoms with E-state index in [9.17, 15) is 0 Å². The van der Waals surface area contributed by atoms with Crippen molar-refractivity contribution in [3.05, 3.63) is 40.8 Å². The van der Waals surface area contributed by atoms with Gasteiger partial charge in [0.15, 0.2) is 5.79 Å². The lowest BCUT2D eigenvalue weighted by Crippen LogP contribution is -2.38. The molecule has 2 aromatic rings. The zero-order valence-corrected chi connectivity index (χ0v) is 20.8. The highest BCUT2D eigenvalue weighted by Crippen LogP contribution is 2.36. The number of aryl methyl sites for hydroxylation is 3. The van der Waals surface area contributed by atoms with E-state index in [0.29, 0.717) is 25.9 Å². The average molecular weight is 447 g/mol. The van der Waals surface area contributed by atoms with Crippen LogP contribution in [0.15, 0.2) is 28.1 Å². The standard InChI is InChI=1S/C25H38N2O3S/c1-18(2)23-24(31-22-15-19(3)14-20(4)16-22)27(21(5)26-23)17-29-12-13-30-25(28-6)10-8-7-9-11-25/h14-16,18H,7-13,17H2,1-6H3. The van der Waals surface area contributed by atoms with Crippen molar-refractivity contribution in [2.45, 2.75) is 95.1 Å². The number of rotatable bonds is 10. The maximum atomic E-state index is 6.11. The van der Waals surface area contributed by atoms with Crippen LogP contribution in [-0.4, -0.2) is 35.7 Å². The van der Waals surface area contributed by atoms with Gasteiger partial charge in [-0.25, -0.2) is 4.98 Å². The molecule has 31 heavy (non-hydrogen) atoms. The summed E-state index contributed by atoms with van der Waals surface area (Å²) >= 11 is 1.78. The summed E-state index contributed by atoms with van der Waals surface area (Å²) in [5, 5.41) is 1.17. The second-order valence-corrected chi connectivity index (χ2v) is 9.98. The molecule has 1 aliphatic carbocycles. The van der Waals surface area contributed by atoms with E-state index in [0.717, 1.165) is 24.4 Å². The van der Waals surface area contributed by atoms with Crippen molar-refractivity contribution in [1.29, 1.82) is 0 Å². The van der Waals surface area contributed by atoms with Crippen LogP contribution in [0, 0.1) is 20.8 Å². The summed E-state index contributed by atoms with van der Waals surface area (Å²) in [6, 6.07) is 6.67. The molecule has 1 saturated carbocycles. The lowest BCUT2D eigenvalue weighted by Gasteiger charge is -2.35. The molecule has 0 saturated heterocycles. The van der Waals surface area contributed by atoms with Gasteiger partial charge in [0.25, 0.3) is 0 Å². The summed E-state index contributed by atoms with van der Waals surface area (Å²) in [5.41, 5.74) is 3.68. The third kappa shape index (κ3) is 6.35. The lowest BCUT2D eigenvalue weighted by atomic mass is 9.94. The fourth-order valence-electron chi connectivity index (χ4n) is 4.25. The van der Waals surface area contributed by atoms with E-state index < -0.39 is 5.79 Å². The van der Waals surface area contributed by atoms with E-state index in [1.54, 1.807) is 18.9 Å². The van der Waals surface area contributed by atoms with Gasteiger partial charge in [0.05, 0.1) is 18.9 Å². The Hall–Kier alpha value is -1.34. The molecule has 172 valence electrons. The van der Waals surface area contributed by atoms with Crippen LogP contribution in [-0.2, 0) is 20.9 Å². The number of aromatic nitrogens is 2. The van der Waals surface area contributed by atoms with Gasteiger partial charge in [-0.2, -0.15) is 0 Å². The predicted octanol–water partition coefficient (Wildman–Crippen LogP) is 6.38. The van der Waals surface area contributed by atoms with Crippen LogP contribution in [0.25, 0.3) is 0 Å². The van der Waals surface area contributed by atoms with Crippen LogP contribution in [0.2, 0.25) is 0 Å². The molecule has 0 spiro atoms. The van der Waals surface area contributed by atoms with Gasteiger partial charge in [0.2, 0.25) is 0 Å². The minimum atomic E-state index is -0.415. The molecule has 0 bridgehead atoms. The minimum absolute atomic E-state index is 0.351. The first-order valence-corrected chi connectivity index (χ1v) is 12.3. The van der Waals surface area contributed by atoms with Gasteiger partial charge in [0.1, 0.15) is 17.6 Å². The summed E-state index contributed by atoms with van der Waals surface area (Å²) < 4.78 is 20.0. The topological polar surface area (TPSA) is 45.5 Å². The summed E-state index contributed by atoms with van der Waals surface area (Å²) in [6.45, 7) is 12.3. The Kier molecular flexibility index (Phi) is 8.62. The Morgan fingerprint density at radius 2 is 1.71 bits per heavy atom. The average Bonchev–Trinajstić information content (AvgIpc) is 3.03. The SMILES string of the molecule is COC1(OCCOCn2c(C)nc(C(C)C)c2Sc2cc(C)cc(C)c2)CCCCC1. The van der Waals surface area contributed by atoms with Gasteiger partial charge in [0, 0.05) is 24.8 Å². The van der Waals surface area contributed by atoms with Crippen molar-refractivity contribution in [1.82, 2.24) is 9.55 Å². The number of methoxy groups -OCH3 is 1. The summed E-state index contributed by atoms with van der Waals surface area (Å²) in [7, 11) is 1.75. The van der Waals surface area contributed by atoms with Crippen LogP contribution < -0.4 is 0 Å². The summed E-state index contributed by atoms with van der Waals surface area (Å²) in [5.74, 6) is 0.920. The van der Waals surface area contributed by atoms with Gasteiger partial charge >= 0.3 is 0 Å². The molecule has 0 N–H and O–H groups in total. The Morgan fingerprint density at radius 3 is 2.32 bits per heavy atom. The largest absolute Gasteiger partial charge is 0.358 e. The van der Waals surface area contributed by atoms with Crippen LogP contribution in [0.4, 0.5) is 0 Å². The van der Waals surface area contributed by atoms with Crippen molar-refractivity contribution in [2.24, 2.45) is 0 Å². The molecular weight excluding hydrogens is 408 g/mol. The Morgan fingerprint density at radius 1 is 1.03 bits per heavy atom. The van der Waals surface area contributed by atoms with Crippen molar-refractivity contribution < 1.29 is 14.2 Å². The number of benzene rings is 1. The molecule has 5 nitrogen and oxygen atoms in total. The van der Waals surface area contributed by atoms with Gasteiger partial charge < -0.3 is 14.2 Å². The maximum Gasteiger partial charge on any atom is 0.168 e. The highest BCUT2D eigenvalue weighted by molar-refractivity contribution is 7.99. The van der Waals surface area contributed by atoms with Crippen molar-refractivity contribution in [2.75, 3.05) is 20.3 Å². The molecular formula is C25H38N2O3S. The first-order valence-electron chi connectivity index (χ1n) is 11.4. The predicted molar refractivity (Wildman–Crippen MR) is 126 cm³/mol. The molecule has 1 fully saturated rings. The zero-order chi connectivity index (χ0) is 22.4. The molecule has 0 radical (unpaired) electrons. The van der Waals surface area contributed by atoms with Gasteiger partial charge in [-0.15, -0.1) is 0 Å². The van der Waals surface area contributed by atoms with E-state index in [2.05, 4.69) is 57.4 Å². The van der Waals surface area contributed by atoms with E-state index in [1.165, 1.54) is 40.3 Å². The molecule has 0 aliphatic heterocycles. The monoisotopic (exact) mass is 446 g/mol. The van der Waals surface area contributed by atoms with Crippen molar-refractivity contribution in [3.8, 4) is 0 Å². The highest BCUT2D eigenvalue weighted by atomic mass is 32.2. The van der Waals surface area contributed by atoms with E-state index >= 15 is 0 Å². The second kappa shape index (κ2) is 11.0. The van der Waals surface area contributed by atoms with Gasteiger partial charge in [-0.1, -0.05) is 38.1 Å². The Labute approximate surface area is 191 Å². The number of imidazole rings is 1. The fraction of sp³-hybridized carbons (Fsp3) is 0.640. The summed E-state index contributed by atoms with van der Waals surface area (Å²) in [6.07, 6.45) is 5.54. The minimum Gasteiger partial charge on any atom is -0.358 e. The van der Waals surface area contributed by atoms with Crippen LogP contribution in [0.5, 0.6) is 0 Å². The highest BCUT2D eigenvalue weighted by Gasteiger charge is 2.32. The molecule has 0 unspecified atom stereocenters. The molecule has 0 atom stereocenters. The fourth-order valence-corrected chi connectivity index (χ4v) is 5.64. The third-order valence-corrected chi connectivity index (χ3v) is 6.99. The Balaban J connectivity index is 1.65. The molecule has 3 rings (SSSR count). The zero-order valence-electron chi connectivity index (χ0n) is 20.0. The van der Waals surface area contributed by atoms with Crippen LogP contribution >= 0.6 is 11.8 Å². The molecule has 6 heteroatoms. The third-order valence-electron chi connectivity index (χ3n) is 5.89. The molecule has 1 aromatic carbocycles. The number of hydrogen-bond acceptors (Lipinski definition) is 5. The quantitative estimate of drug-likeness (QED) is 0.313. The van der Waals surface area contributed by atoms with Crippen molar-refractivity contribution in [3.63, 3.8) is 0 Å². The number of hydrogen-bond donors (Lipinski definition) is 0. The summed E-state index contributed by atoms with van der Waals surface area (Å²) in [4.78, 5) is 6.10.